The van der Waals surface area contributed by atoms with Crippen LogP contribution in [0.5, 0.6) is 5.75 Å². The van der Waals surface area contributed by atoms with E-state index in [4.69, 9.17) is 4.74 Å². The summed E-state index contributed by atoms with van der Waals surface area (Å²) in [4.78, 5) is 17.1. The molecule has 1 aromatic rings. The molecule has 0 saturated carbocycles. The van der Waals surface area contributed by atoms with Crippen LogP contribution in [0.4, 0.5) is 0 Å². The number of ether oxygens (including phenoxy) is 1. The molecule has 0 bridgehead atoms. The van der Waals surface area contributed by atoms with Gasteiger partial charge in [0, 0.05) is 37.8 Å². The van der Waals surface area contributed by atoms with Gasteiger partial charge in [0.1, 0.15) is 5.75 Å². The quantitative estimate of drug-likeness (QED) is 0.753. The van der Waals surface area contributed by atoms with E-state index in [2.05, 4.69) is 23.6 Å². The maximum atomic E-state index is 12.3. The summed E-state index contributed by atoms with van der Waals surface area (Å²) in [5.41, 5.74) is 0.735. The summed E-state index contributed by atoms with van der Waals surface area (Å²) in [6.45, 7) is 9.06. The van der Waals surface area contributed by atoms with Gasteiger partial charge in [0.25, 0.3) is 0 Å². The molecule has 1 aromatic carbocycles. The average molecular weight is 290 g/mol. The lowest BCUT2D eigenvalue weighted by molar-refractivity contribution is 0.0784. The van der Waals surface area contributed by atoms with Gasteiger partial charge in [0.05, 0.1) is 13.7 Å². The molecule has 0 amide bonds. The van der Waals surface area contributed by atoms with E-state index in [1.807, 2.05) is 24.3 Å². The van der Waals surface area contributed by atoms with Gasteiger partial charge in [0.2, 0.25) is 0 Å². The van der Waals surface area contributed by atoms with Crippen molar-refractivity contribution in [3.63, 3.8) is 0 Å². The van der Waals surface area contributed by atoms with E-state index in [1.54, 1.807) is 7.11 Å². The van der Waals surface area contributed by atoms with E-state index >= 15 is 0 Å². The maximum absolute atomic E-state index is 12.3. The molecule has 1 heterocycles. The van der Waals surface area contributed by atoms with Crippen LogP contribution in [0, 0.1) is 0 Å². The lowest BCUT2D eigenvalue weighted by Crippen LogP contribution is -2.50. The molecule has 116 valence electrons. The zero-order chi connectivity index (χ0) is 15.2. The smallest absolute Gasteiger partial charge is 0.176 e. The third kappa shape index (κ3) is 4.29. The van der Waals surface area contributed by atoms with Crippen LogP contribution in [0.2, 0.25) is 0 Å². The Hall–Kier alpha value is -1.39. The van der Waals surface area contributed by atoms with Gasteiger partial charge in [-0.3, -0.25) is 14.6 Å². The van der Waals surface area contributed by atoms with Crippen molar-refractivity contribution < 1.29 is 9.53 Å². The Kier molecular flexibility index (Phi) is 5.76. The van der Waals surface area contributed by atoms with Crippen LogP contribution in [0.15, 0.2) is 24.3 Å². The van der Waals surface area contributed by atoms with Gasteiger partial charge in [-0.15, -0.1) is 0 Å². The van der Waals surface area contributed by atoms with Crippen molar-refractivity contribution in [1.29, 1.82) is 0 Å². The van der Waals surface area contributed by atoms with Crippen molar-refractivity contribution in [1.82, 2.24) is 9.80 Å². The van der Waals surface area contributed by atoms with Crippen LogP contribution >= 0.6 is 0 Å². The first-order chi connectivity index (χ1) is 10.1. The third-order valence-corrected chi connectivity index (χ3v) is 4.38. The Balaban J connectivity index is 1.86. The first-order valence-corrected chi connectivity index (χ1v) is 7.77. The molecule has 1 saturated heterocycles. The molecule has 0 spiro atoms. The highest BCUT2D eigenvalue weighted by Gasteiger charge is 2.21. The van der Waals surface area contributed by atoms with Gasteiger partial charge < -0.3 is 4.74 Å². The molecule has 0 N–H and O–H groups in total. The van der Waals surface area contributed by atoms with Gasteiger partial charge in [-0.05, 0) is 25.5 Å². The number of hydrogen-bond acceptors (Lipinski definition) is 4. The molecular formula is C17H26N2O2. The van der Waals surface area contributed by atoms with Crippen LogP contribution in [0.1, 0.15) is 30.6 Å². The van der Waals surface area contributed by atoms with E-state index in [9.17, 15) is 4.79 Å². The minimum absolute atomic E-state index is 0.172. The first kappa shape index (κ1) is 16.0. The molecule has 21 heavy (non-hydrogen) atoms. The summed E-state index contributed by atoms with van der Waals surface area (Å²) in [5.74, 6) is 0.910. The number of Topliss-reactive ketones (excluding diaryl/α,β-unsaturated/α-hetero) is 1. The van der Waals surface area contributed by atoms with Gasteiger partial charge in [-0.1, -0.05) is 19.1 Å². The molecule has 1 aliphatic rings. The molecule has 0 aromatic heterocycles. The molecule has 1 atom stereocenters. The van der Waals surface area contributed by atoms with E-state index < -0.39 is 0 Å². The lowest BCUT2D eigenvalue weighted by Gasteiger charge is -2.37. The van der Waals surface area contributed by atoms with Crippen molar-refractivity contribution in [2.24, 2.45) is 0 Å². The number of benzene rings is 1. The number of ketones is 1. The van der Waals surface area contributed by atoms with Gasteiger partial charge in [-0.2, -0.15) is 0 Å². The highest BCUT2D eigenvalue weighted by Crippen LogP contribution is 2.14. The fourth-order valence-electron chi connectivity index (χ4n) is 2.71. The van der Waals surface area contributed by atoms with Crippen LogP contribution in [0.25, 0.3) is 0 Å². The zero-order valence-corrected chi connectivity index (χ0v) is 13.3. The number of carbonyl (C=O) groups excluding carboxylic acids is 1. The monoisotopic (exact) mass is 290 g/mol. The second kappa shape index (κ2) is 7.57. The number of piperazine rings is 1. The lowest BCUT2D eigenvalue weighted by atomic mass is 10.1. The van der Waals surface area contributed by atoms with E-state index in [0.717, 1.165) is 37.5 Å². The fourth-order valence-corrected chi connectivity index (χ4v) is 2.71. The standard InChI is InChI=1S/C17H26N2O2/c1-4-14(2)19-10-8-18(9-11-19)13-17(20)15-6-5-7-16(12-15)21-3/h5-7,12,14H,4,8-11,13H2,1-3H3. The summed E-state index contributed by atoms with van der Waals surface area (Å²) >= 11 is 0. The minimum atomic E-state index is 0.172. The van der Waals surface area contributed by atoms with E-state index in [0.29, 0.717) is 12.6 Å². The highest BCUT2D eigenvalue weighted by molar-refractivity contribution is 5.97. The topological polar surface area (TPSA) is 32.8 Å². The predicted molar refractivity (Wildman–Crippen MR) is 85.1 cm³/mol. The average Bonchev–Trinajstić information content (AvgIpc) is 2.54. The Labute approximate surface area is 127 Å². The SMILES string of the molecule is CCC(C)N1CCN(CC(=O)c2cccc(OC)c2)CC1. The minimum Gasteiger partial charge on any atom is -0.497 e. The van der Waals surface area contributed by atoms with Gasteiger partial charge in [0.15, 0.2) is 5.78 Å². The second-order valence-electron chi connectivity index (χ2n) is 5.72. The van der Waals surface area contributed by atoms with Crippen LogP contribution in [0.3, 0.4) is 0 Å². The summed E-state index contributed by atoms with van der Waals surface area (Å²) in [6.07, 6.45) is 1.18. The van der Waals surface area contributed by atoms with Crippen molar-refractivity contribution in [3.8, 4) is 5.75 Å². The summed E-state index contributed by atoms with van der Waals surface area (Å²) < 4.78 is 5.18. The molecule has 1 unspecified atom stereocenters. The Morgan fingerprint density at radius 3 is 2.62 bits per heavy atom. The summed E-state index contributed by atoms with van der Waals surface area (Å²) in [7, 11) is 1.62. The molecule has 0 aliphatic carbocycles. The van der Waals surface area contributed by atoms with Crippen LogP contribution < -0.4 is 4.74 Å². The van der Waals surface area contributed by atoms with Crippen molar-refractivity contribution in [2.75, 3.05) is 39.8 Å². The van der Waals surface area contributed by atoms with Crippen molar-refractivity contribution >= 4 is 5.78 Å². The fraction of sp³-hybridized carbons (Fsp3) is 0.588. The number of hydrogen-bond donors (Lipinski definition) is 0. The Morgan fingerprint density at radius 1 is 1.29 bits per heavy atom. The molecular weight excluding hydrogens is 264 g/mol. The molecule has 1 fully saturated rings. The summed E-state index contributed by atoms with van der Waals surface area (Å²) in [5, 5.41) is 0. The number of methoxy groups -OCH3 is 1. The van der Waals surface area contributed by atoms with Crippen LogP contribution in [-0.4, -0.2) is 61.5 Å². The molecule has 1 aliphatic heterocycles. The number of rotatable bonds is 6. The molecule has 4 nitrogen and oxygen atoms in total. The van der Waals surface area contributed by atoms with Crippen molar-refractivity contribution in [2.45, 2.75) is 26.3 Å². The highest BCUT2D eigenvalue weighted by atomic mass is 16.5. The predicted octanol–water partition coefficient (Wildman–Crippen LogP) is 2.29. The Bertz CT molecular complexity index is 468. The maximum Gasteiger partial charge on any atom is 0.176 e. The number of carbonyl (C=O) groups is 1. The normalized spacial score (nSPS) is 18.4. The van der Waals surface area contributed by atoms with Gasteiger partial charge in [-0.25, -0.2) is 0 Å². The largest absolute Gasteiger partial charge is 0.497 e. The van der Waals surface area contributed by atoms with Crippen LogP contribution in [-0.2, 0) is 0 Å². The third-order valence-electron chi connectivity index (χ3n) is 4.38. The molecule has 2 rings (SSSR count). The number of nitrogens with zero attached hydrogens (tertiary/aromatic N) is 2. The van der Waals surface area contributed by atoms with E-state index in [1.165, 1.54) is 6.42 Å². The molecule has 4 heteroatoms. The summed E-state index contributed by atoms with van der Waals surface area (Å²) in [6, 6.07) is 8.05. The molecule has 0 radical (unpaired) electrons. The van der Waals surface area contributed by atoms with Crippen molar-refractivity contribution in [3.05, 3.63) is 29.8 Å². The first-order valence-electron chi connectivity index (χ1n) is 7.77. The zero-order valence-electron chi connectivity index (χ0n) is 13.3. The van der Waals surface area contributed by atoms with E-state index in [-0.39, 0.29) is 5.78 Å². The van der Waals surface area contributed by atoms with Gasteiger partial charge >= 0.3 is 0 Å². The second-order valence-corrected chi connectivity index (χ2v) is 5.72. The Morgan fingerprint density at radius 2 is 2.00 bits per heavy atom.